The number of esters is 1. The summed E-state index contributed by atoms with van der Waals surface area (Å²) in [5, 5.41) is 22.1. The molecule has 1 saturated carbocycles. The number of hydrogen-bond donors (Lipinski definition) is 2. The topological polar surface area (TPSA) is 66.8 Å². The van der Waals surface area contributed by atoms with E-state index in [0.29, 0.717) is 12.0 Å². The van der Waals surface area contributed by atoms with Crippen LogP contribution in [0.25, 0.3) is 0 Å². The fraction of sp³-hybridized carbons (Fsp3) is 0.500. The molecule has 2 N–H and O–H groups in total. The molecule has 1 fully saturated rings. The minimum absolute atomic E-state index is 0.336. The molecule has 0 aromatic heterocycles. The lowest BCUT2D eigenvalue weighted by Gasteiger charge is -2.53. The van der Waals surface area contributed by atoms with Crippen LogP contribution in [0.3, 0.4) is 0 Å². The summed E-state index contributed by atoms with van der Waals surface area (Å²) in [6, 6.07) is 0. The maximum Gasteiger partial charge on any atom is 0.333 e. The molecule has 0 heterocycles. The van der Waals surface area contributed by atoms with Crippen LogP contribution in [0.15, 0.2) is 71.4 Å². The average molecular weight is 415 g/mol. The first kappa shape index (κ1) is 25.9. The third kappa shape index (κ3) is 6.68. The van der Waals surface area contributed by atoms with E-state index in [4.69, 9.17) is 0 Å². The molecule has 0 saturated heterocycles. The van der Waals surface area contributed by atoms with Crippen molar-refractivity contribution < 1.29 is 19.7 Å². The van der Waals surface area contributed by atoms with Gasteiger partial charge >= 0.3 is 5.97 Å². The van der Waals surface area contributed by atoms with Gasteiger partial charge < -0.3 is 14.9 Å². The predicted molar refractivity (Wildman–Crippen MR) is 124 cm³/mol. The van der Waals surface area contributed by atoms with E-state index >= 15 is 0 Å². The summed E-state index contributed by atoms with van der Waals surface area (Å²) in [7, 11) is 1.36. The fourth-order valence-electron chi connectivity index (χ4n) is 3.74. The fourth-order valence-corrected chi connectivity index (χ4v) is 3.74. The van der Waals surface area contributed by atoms with Crippen molar-refractivity contribution in [2.24, 2.45) is 5.41 Å². The number of methoxy groups -OCH3 is 1. The van der Waals surface area contributed by atoms with E-state index in [-0.39, 0.29) is 5.97 Å². The summed E-state index contributed by atoms with van der Waals surface area (Å²) >= 11 is 0. The molecule has 0 bridgehead atoms. The first-order valence-electron chi connectivity index (χ1n) is 10.5. The zero-order valence-electron chi connectivity index (χ0n) is 19.5. The van der Waals surface area contributed by atoms with Gasteiger partial charge in [0.05, 0.1) is 12.7 Å². The average Bonchev–Trinajstić information content (AvgIpc) is 2.66. The van der Waals surface area contributed by atoms with Gasteiger partial charge in [-0.05, 0) is 58.4 Å². The maximum absolute atomic E-state index is 11.3. The molecule has 0 aliphatic heterocycles. The van der Waals surface area contributed by atoms with Crippen molar-refractivity contribution in [2.75, 3.05) is 7.11 Å². The lowest BCUT2D eigenvalue weighted by Crippen LogP contribution is -2.62. The second-order valence-electron chi connectivity index (χ2n) is 9.02. The Kier molecular flexibility index (Phi) is 9.26. The highest BCUT2D eigenvalue weighted by atomic mass is 16.5. The zero-order chi connectivity index (χ0) is 23.0. The van der Waals surface area contributed by atoms with Crippen molar-refractivity contribution in [3.05, 3.63) is 71.4 Å². The van der Waals surface area contributed by atoms with E-state index in [9.17, 15) is 15.0 Å². The van der Waals surface area contributed by atoms with Crippen molar-refractivity contribution in [1.29, 1.82) is 0 Å². The quantitative estimate of drug-likeness (QED) is 0.334. The highest BCUT2D eigenvalue weighted by molar-refractivity contribution is 5.87. The van der Waals surface area contributed by atoms with E-state index in [1.54, 1.807) is 32.1 Å². The third-order valence-corrected chi connectivity index (χ3v) is 5.95. The van der Waals surface area contributed by atoms with Gasteiger partial charge in [0.25, 0.3) is 0 Å². The van der Waals surface area contributed by atoms with Gasteiger partial charge in [0.2, 0.25) is 0 Å². The summed E-state index contributed by atoms with van der Waals surface area (Å²) in [4.78, 5) is 11.3. The molecule has 2 atom stereocenters. The van der Waals surface area contributed by atoms with Gasteiger partial charge in [0.15, 0.2) is 0 Å². The molecule has 1 aliphatic rings. The van der Waals surface area contributed by atoms with E-state index < -0.39 is 16.6 Å². The second kappa shape index (κ2) is 10.7. The Bertz CT molecular complexity index is 770. The van der Waals surface area contributed by atoms with E-state index in [0.717, 1.165) is 24.0 Å². The smallest absolute Gasteiger partial charge is 0.333 e. The number of carbonyl (C=O) groups is 1. The first-order valence-corrected chi connectivity index (χ1v) is 10.5. The number of aliphatic hydroxyl groups is 2. The van der Waals surface area contributed by atoms with Crippen LogP contribution in [0, 0.1) is 5.41 Å². The highest BCUT2D eigenvalue weighted by Gasteiger charge is 2.56. The van der Waals surface area contributed by atoms with Crippen LogP contribution >= 0.6 is 0 Å². The Morgan fingerprint density at radius 2 is 1.43 bits per heavy atom. The first-order chi connectivity index (χ1) is 13.9. The van der Waals surface area contributed by atoms with Gasteiger partial charge in [0.1, 0.15) is 5.60 Å². The molecule has 0 spiro atoms. The summed E-state index contributed by atoms with van der Waals surface area (Å²) < 4.78 is 4.64. The Balaban J connectivity index is 2.80. The third-order valence-electron chi connectivity index (χ3n) is 5.95. The van der Waals surface area contributed by atoms with Crippen LogP contribution in [0.2, 0.25) is 0 Å². The monoisotopic (exact) mass is 414 g/mol. The molecule has 1 rings (SSSR count). The molecule has 0 radical (unpaired) electrons. The van der Waals surface area contributed by atoms with Crippen LogP contribution in [0.4, 0.5) is 0 Å². The second-order valence-corrected chi connectivity index (χ2v) is 9.02. The molecule has 0 aromatic carbocycles. The summed E-state index contributed by atoms with van der Waals surface area (Å²) in [6.07, 6.45) is 19.2. The number of allylic oxidation sites excluding steroid dienone is 10. The van der Waals surface area contributed by atoms with Crippen molar-refractivity contribution in [3.63, 3.8) is 0 Å². The molecule has 1 aliphatic carbocycles. The number of ether oxygens (including phenoxy) is 1. The normalized spacial score (nSPS) is 28.6. The van der Waals surface area contributed by atoms with Gasteiger partial charge in [-0.25, -0.2) is 4.79 Å². The largest absolute Gasteiger partial charge is 0.466 e. The highest BCUT2D eigenvalue weighted by Crippen LogP contribution is 2.50. The summed E-state index contributed by atoms with van der Waals surface area (Å²) in [5.74, 6) is -0.336. The van der Waals surface area contributed by atoms with Gasteiger partial charge in [-0.3, -0.25) is 0 Å². The van der Waals surface area contributed by atoms with Crippen molar-refractivity contribution in [2.45, 2.75) is 72.0 Å². The van der Waals surface area contributed by atoms with Crippen molar-refractivity contribution in [1.82, 2.24) is 0 Å². The van der Waals surface area contributed by atoms with Crippen molar-refractivity contribution >= 4 is 5.97 Å². The number of rotatable bonds is 7. The standard InChI is InChI=1S/C26H38O4/c1-20(12-8-9-15-22(3)23(27)30-7)13-10-14-21(2)16-19-26(29)24(4,5)17-11-18-25(26,6)28/h8-10,12-16,19,28-29H,11,17-18H2,1-7H3/b9-8+,13-10+,19-16+,20-12+,21-14+,22-15+/t25-,26-/m1/s1. The van der Waals surface area contributed by atoms with Crippen LogP contribution in [-0.2, 0) is 9.53 Å². The van der Waals surface area contributed by atoms with Crippen LogP contribution < -0.4 is 0 Å². The molecule has 0 aromatic rings. The number of hydrogen-bond acceptors (Lipinski definition) is 4. The Morgan fingerprint density at radius 3 is 2.03 bits per heavy atom. The molecule has 0 amide bonds. The van der Waals surface area contributed by atoms with E-state index in [2.05, 4.69) is 4.74 Å². The lowest BCUT2D eigenvalue weighted by atomic mass is 9.58. The summed E-state index contributed by atoms with van der Waals surface area (Å²) in [5.41, 5.74) is -0.229. The Hall–Kier alpha value is -2.17. The van der Waals surface area contributed by atoms with Crippen LogP contribution in [0.5, 0.6) is 0 Å². The van der Waals surface area contributed by atoms with Crippen molar-refractivity contribution in [3.8, 4) is 0 Å². The number of carbonyl (C=O) groups excluding carboxylic acids is 1. The molecule has 4 nitrogen and oxygen atoms in total. The van der Waals surface area contributed by atoms with Gasteiger partial charge in [0, 0.05) is 5.57 Å². The van der Waals surface area contributed by atoms with Gasteiger partial charge in [-0.2, -0.15) is 0 Å². The lowest BCUT2D eigenvalue weighted by molar-refractivity contribution is -0.194. The SMILES string of the molecule is COC(=O)/C(C)=C/C=C/C=C(C)/C=C/C=C(C)/C=C/[C@@]1(O)C(C)(C)CCC[C@@]1(C)O. The zero-order valence-corrected chi connectivity index (χ0v) is 19.5. The van der Waals surface area contributed by atoms with E-state index in [1.165, 1.54) is 7.11 Å². The minimum atomic E-state index is -1.27. The van der Waals surface area contributed by atoms with Gasteiger partial charge in [-0.1, -0.05) is 73.6 Å². The molecule has 0 unspecified atom stereocenters. The molecule has 4 heteroatoms. The minimum Gasteiger partial charge on any atom is -0.466 e. The molecule has 30 heavy (non-hydrogen) atoms. The Morgan fingerprint density at radius 1 is 0.867 bits per heavy atom. The summed E-state index contributed by atoms with van der Waals surface area (Å²) in [6.45, 7) is 11.4. The molecule has 166 valence electrons. The predicted octanol–water partition coefficient (Wildman–Crippen LogP) is 5.36. The maximum atomic E-state index is 11.3. The van der Waals surface area contributed by atoms with Crippen LogP contribution in [-0.4, -0.2) is 34.5 Å². The van der Waals surface area contributed by atoms with Gasteiger partial charge in [-0.15, -0.1) is 0 Å². The van der Waals surface area contributed by atoms with E-state index in [1.807, 2.05) is 64.2 Å². The molecular weight excluding hydrogens is 376 g/mol. The van der Waals surface area contributed by atoms with Crippen LogP contribution in [0.1, 0.15) is 60.8 Å². The molecular formula is C26H38O4. The Labute approximate surface area is 182 Å².